The molecule has 2 aliphatic rings. The predicted octanol–water partition coefficient (Wildman–Crippen LogP) is 5.13. The average molecular weight is 341 g/mol. The summed E-state index contributed by atoms with van der Waals surface area (Å²) in [5.74, 6) is 1.25. The Morgan fingerprint density at radius 3 is 2.88 bits per heavy atom. The van der Waals surface area contributed by atoms with Crippen molar-refractivity contribution in [3.05, 3.63) is 16.8 Å². The van der Waals surface area contributed by atoms with Crippen molar-refractivity contribution in [1.82, 2.24) is 9.97 Å². The molecule has 2 aromatic rings. The Bertz CT molecular complexity index is 758. The van der Waals surface area contributed by atoms with Gasteiger partial charge in [0, 0.05) is 11.3 Å². The van der Waals surface area contributed by atoms with E-state index >= 15 is 0 Å². The molecule has 2 aliphatic carbocycles. The third-order valence-electron chi connectivity index (χ3n) is 5.37. The molecule has 24 heavy (non-hydrogen) atoms. The molecule has 2 heterocycles. The molecule has 0 aromatic carbocycles. The van der Waals surface area contributed by atoms with E-state index in [1.165, 1.54) is 36.1 Å². The lowest BCUT2D eigenvalue weighted by molar-refractivity contribution is 0.150. The van der Waals surface area contributed by atoms with Crippen molar-refractivity contribution in [3.8, 4) is 11.9 Å². The summed E-state index contributed by atoms with van der Waals surface area (Å²) in [5, 5.41) is 10.1. The fraction of sp³-hybridized carbons (Fsp3) is 0.632. The lowest BCUT2D eigenvalue weighted by Crippen LogP contribution is -2.20. The normalized spacial score (nSPS) is 21.4. The molecule has 1 saturated carbocycles. The molecule has 0 unspecified atom stereocenters. The van der Waals surface area contributed by atoms with Crippen molar-refractivity contribution in [2.45, 2.75) is 76.2 Å². The Kier molecular flexibility index (Phi) is 4.66. The molecule has 2 aromatic heterocycles. The summed E-state index contributed by atoms with van der Waals surface area (Å²) in [5.41, 5.74) is 1.39. The molecule has 126 valence electrons. The van der Waals surface area contributed by atoms with Gasteiger partial charge in [0.1, 0.15) is 17.3 Å². The lowest BCUT2D eigenvalue weighted by atomic mass is 9.83. The van der Waals surface area contributed by atoms with Gasteiger partial charge in [0.05, 0.1) is 11.5 Å². The molecule has 4 nitrogen and oxygen atoms in total. The number of fused-ring (bicyclic) bond motifs is 3. The first-order valence-corrected chi connectivity index (χ1v) is 9.98. The van der Waals surface area contributed by atoms with E-state index in [0.717, 1.165) is 48.2 Å². The van der Waals surface area contributed by atoms with Crippen molar-refractivity contribution in [2.75, 3.05) is 0 Å². The number of hydrogen-bond acceptors (Lipinski definition) is 5. The fourth-order valence-corrected chi connectivity index (χ4v) is 5.46. The van der Waals surface area contributed by atoms with Crippen molar-refractivity contribution >= 4 is 21.6 Å². The van der Waals surface area contributed by atoms with Gasteiger partial charge < -0.3 is 4.74 Å². The van der Waals surface area contributed by atoms with E-state index in [2.05, 4.69) is 16.0 Å². The number of thiophene rings is 1. The van der Waals surface area contributed by atoms with Crippen LogP contribution in [0.15, 0.2) is 6.33 Å². The number of aromatic nitrogens is 2. The second-order valence-electron chi connectivity index (χ2n) is 6.96. The van der Waals surface area contributed by atoms with E-state index < -0.39 is 0 Å². The van der Waals surface area contributed by atoms with Gasteiger partial charge in [0.2, 0.25) is 5.88 Å². The molecule has 0 spiro atoms. The Labute approximate surface area is 146 Å². The average Bonchev–Trinajstić information content (AvgIpc) is 3.01. The van der Waals surface area contributed by atoms with Crippen LogP contribution in [0.5, 0.6) is 5.88 Å². The Morgan fingerprint density at radius 1 is 1.17 bits per heavy atom. The van der Waals surface area contributed by atoms with E-state index in [1.54, 1.807) is 17.7 Å². The molecule has 4 rings (SSSR count). The number of aryl methyl sites for hydroxylation is 1. The van der Waals surface area contributed by atoms with Crippen molar-refractivity contribution < 1.29 is 4.74 Å². The first kappa shape index (κ1) is 15.8. The van der Waals surface area contributed by atoms with Crippen LogP contribution in [-0.2, 0) is 6.42 Å². The van der Waals surface area contributed by atoms with Crippen LogP contribution in [0.25, 0.3) is 10.2 Å². The van der Waals surface area contributed by atoms with Gasteiger partial charge in [-0.2, -0.15) is 5.26 Å². The number of hydrogen-bond donors (Lipinski definition) is 0. The number of nitrogens with zero attached hydrogens (tertiary/aromatic N) is 3. The molecule has 1 atom stereocenters. The van der Waals surface area contributed by atoms with Crippen LogP contribution < -0.4 is 4.74 Å². The van der Waals surface area contributed by atoms with Crippen molar-refractivity contribution in [3.63, 3.8) is 0 Å². The smallest absolute Gasteiger partial charge is 0.225 e. The van der Waals surface area contributed by atoms with Crippen LogP contribution in [0.1, 0.15) is 74.1 Å². The van der Waals surface area contributed by atoms with Crippen LogP contribution >= 0.6 is 11.3 Å². The molecule has 5 heteroatoms. The monoisotopic (exact) mass is 341 g/mol. The molecule has 0 amide bonds. The van der Waals surface area contributed by atoms with Gasteiger partial charge in [-0.25, -0.2) is 9.97 Å². The lowest BCUT2D eigenvalue weighted by Gasteiger charge is -2.25. The molecule has 0 saturated heterocycles. The second-order valence-corrected chi connectivity index (χ2v) is 8.05. The highest BCUT2D eigenvalue weighted by Crippen LogP contribution is 2.46. The summed E-state index contributed by atoms with van der Waals surface area (Å²) in [6.07, 6.45) is 13.1. The highest BCUT2D eigenvalue weighted by atomic mass is 32.1. The van der Waals surface area contributed by atoms with Gasteiger partial charge in [-0.15, -0.1) is 11.3 Å². The van der Waals surface area contributed by atoms with Gasteiger partial charge >= 0.3 is 0 Å². The summed E-state index contributed by atoms with van der Waals surface area (Å²) in [4.78, 5) is 11.5. The van der Waals surface area contributed by atoms with E-state index in [1.807, 2.05) is 0 Å². The Hall–Kier alpha value is -1.67. The van der Waals surface area contributed by atoms with E-state index in [0.29, 0.717) is 18.4 Å². The van der Waals surface area contributed by atoms with Crippen LogP contribution in [0.2, 0.25) is 0 Å². The molecule has 0 bridgehead atoms. The molecule has 0 aliphatic heterocycles. The van der Waals surface area contributed by atoms with Gasteiger partial charge in [-0.1, -0.05) is 6.42 Å². The third kappa shape index (κ3) is 3.00. The summed E-state index contributed by atoms with van der Waals surface area (Å²) >= 11 is 1.80. The van der Waals surface area contributed by atoms with E-state index in [4.69, 9.17) is 10.00 Å². The topological polar surface area (TPSA) is 58.8 Å². The minimum absolute atomic E-state index is 0.300. The maximum absolute atomic E-state index is 8.98. The summed E-state index contributed by atoms with van der Waals surface area (Å²) < 4.78 is 6.34. The fourth-order valence-electron chi connectivity index (χ4n) is 4.20. The molecule has 1 fully saturated rings. The molecular weight excluding hydrogens is 318 g/mol. The number of rotatable bonds is 4. The summed E-state index contributed by atoms with van der Waals surface area (Å²) in [7, 11) is 0. The van der Waals surface area contributed by atoms with E-state index in [-0.39, 0.29) is 0 Å². The van der Waals surface area contributed by atoms with Crippen LogP contribution in [-0.4, -0.2) is 16.1 Å². The largest absolute Gasteiger partial charge is 0.474 e. The molecule has 0 radical (unpaired) electrons. The minimum Gasteiger partial charge on any atom is -0.474 e. The first-order chi connectivity index (χ1) is 11.9. The van der Waals surface area contributed by atoms with Crippen LogP contribution in [0.3, 0.4) is 0 Å². The molecule has 0 N–H and O–H groups in total. The summed E-state index contributed by atoms with van der Waals surface area (Å²) in [6, 6.07) is 2.31. The molecular formula is C19H23N3OS. The minimum atomic E-state index is 0.300. The van der Waals surface area contributed by atoms with Crippen molar-refractivity contribution in [1.29, 1.82) is 5.26 Å². The zero-order valence-corrected chi connectivity index (χ0v) is 14.8. The maximum Gasteiger partial charge on any atom is 0.225 e. The van der Waals surface area contributed by atoms with Gasteiger partial charge in [-0.3, -0.25) is 0 Å². The second kappa shape index (κ2) is 7.06. The van der Waals surface area contributed by atoms with Crippen LogP contribution in [0, 0.1) is 11.3 Å². The highest BCUT2D eigenvalue weighted by molar-refractivity contribution is 7.18. The highest BCUT2D eigenvalue weighted by Gasteiger charge is 2.28. The summed E-state index contributed by atoms with van der Waals surface area (Å²) in [6.45, 7) is 0. The van der Waals surface area contributed by atoms with Crippen LogP contribution in [0.4, 0.5) is 0 Å². The van der Waals surface area contributed by atoms with Gasteiger partial charge in [0.15, 0.2) is 0 Å². The Balaban J connectivity index is 1.72. The Morgan fingerprint density at radius 2 is 2.04 bits per heavy atom. The van der Waals surface area contributed by atoms with Gasteiger partial charge in [-0.05, 0) is 62.8 Å². The predicted molar refractivity (Wildman–Crippen MR) is 95.4 cm³/mol. The third-order valence-corrected chi connectivity index (χ3v) is 6.54. The van der Waals surface area contributed by atoms with E-state index in [9.17, 15) is 0 Å². The quantitative estimate of drug-likeness (QED) is 0.774. The number of nitriles is 1. The standard InChI is InChI=1S/C19H23N3OS/c20-11-5-7-13-6-4-10-15-16(13)17-18(21-12-22-19(17)24-15)23-14-8-2-1-3-9-14/h12-14H,1-10H2/t13-/m1/s1. The van der Waals surface area contributed by atoms with Crippen molar-refractivity contribution in [2.24, 2.45) is 0 Å². The zero-order valence-electron chi connectivity index (χ0n) is 14.0. The SMILES string of the molecule is N#CCC[C@H]1CCCc2sc3ncnc(OC4CCCCC4)c3c21. The number of ether oxygens (including phenoxy) is 1. The maximum atomic E-state index is 8.98. The first-order valence-electron chi connectivity index (χ1n) is 9.16. The van der Waals surface area contributed by atoms with Gasteiger partial charge in [0.25, 0.3) is 0 Å². The zero-order chi connectivity index (χ0) is 16.4.